The lowest BCUT2D eigenvalue weighted by Gasteiger charge is -2.29. The molecule has 1 aliphatic heterocycles. The van der Waals surface area contributed by atoms with E-state index in [0.717, 1.165) is 25.9 Å². The number of carbonyl (C=O) groups excluding carboxylic acids is 1. The molecule has 1 fully saturated rings. The molecular formula is C13H17FN2O2. The highest BCUT2D eigenvalue weighted by Gasteiger charge is 2.19. The van der Waals surface area contributed by atoms with Crippen molar-refractivity contribution in [1.82, 2.24) is 4.90 Å². The number of hydrogen-bond donors (Lipinski definition) is 1. The monoisotopic (exact) mass is 252 g/mol. The van der Waals surface area contributed by atoms with Gasteiger partial charge < -0.3 is 15.0 Å². The van der Waals surface area contributed by atoms with Crippen LogP contribution in [-0.4, -0.2) is 37.6 Å². The Morgan fingerprint density at radius 1 is 1.44 bits per heavy atom. The van der Waals surface area contributed by atoms with Crippen LogP contribution in [-0.2, 0) is 4.79 Å². The molecular weight excluding hydrogens is 235 g/mol. The van der Waals surface area contributed by atoms with Gasteiger partial charge in [0.2, 0.25) is 6.41 Å². The molecule has 1 N–H and O–H groups in total. The van der Waals surface area contributed by atoms with Crippen LogP contribution in [0.5, 0.6) is 5.75 Å². The lowest BCUT2D eigenvalue weighted by Crippen LogP contribution is -2.35. The fourth-order valence-electron chi connectivity index (χ4n) is 2.06. The van der Waals surface area contributed by atoms with Crippen molar-refractivity contribution >= 4 is 12.1 Å². The van der Waals surface area contributed by atoms with Crippen LogP contribution < -0.4 is 10.1 Å². The molecule has 18 heavy (non-hydrogen) atoms. The fourth-order valence-corrected chi connectivity index (χ4v) is 2.06. The number of rotatable bonds is 4. The standard InChI is InChI=1S/C13H17FN2O2/c1-16-6-4-11(5-7-16)18-13-3-2-10(14)8-12(13)15-9-17/h2-3,8-9,11H,4-7H2,1H3,(H,15,17). The molecule has 2 rings (SSSR count). The fraction of sp³-hybridized carbons (Fsp3) is 0.462. The average Bonchev–Trinajstić information content (AvgIpc) is 2.36. The summed E-state index contributed by atoms with van der Waals surface area (Å²) in [5.74, 6) is 0.133. The van der Waals surface area contributed by atoms with Gasteiger partial charge in [0.05, 0.1) is 5.69 Å². The van der Waals surface area contributed by atoms with Crippen molar-refractivity contribution in [3.05, 3.63) is 24.0 Å². The number of anilines is 1. The van der Waals surface area contributed by atoms with Crippen LogP contribution in [0, 0.1) is 5.82 Å². The molecule has 1 heterocycles. The second kappa shape index (κ2) is 5.82. The van der Waals surface area contributed by atoms with Gasteiger partial charge in [-0.15, -0.1) is 0 Å². The summed E-state index contributed by atoms with van der Waals surface area (Å²) in [6, 6.07) is 4.15. The lowest BCUT2D eigenvalue weighted by molar-refractivity contribution is -0.105. The first-order chi connectivity index (χ1) is 8.69. The van der Waals surface area contributed by atoms with Crippen LogP contribution in [0.3, 0.4) is 0 Å². The smallest absolute Gasteiger partial charge is 0.211 e. The van der Waals surface area contributed by atoms with Crippen LogP contribution in [0.1, 0.15) is 12.8 Å². The van der Waals surface area contributed by atoms with E-state index in [1.165, 1.54) is 12.1 Å². The molecule has 0 atom stereocenters. The van der Waals surface area contributed by atoms with Gasteiger partial charge in [0, 0.05) is 19.2 Å². The number of benzene rings is 1. The van der Waals surface area contributed by atoms with Gasteiger partial charge in [0.15, 0.2) is 0 Å². The largest absolute Gasteiger partial charge is 0.488 e. The van der Waals surface area contributed by atoms with E-state index in [-0.39, 0.29) is 6.10 Å². The minimum absolute atomic E-state index is 0.124. The number of ether oxygens (including phenoxy) is 1. The Morgan fingerprint density at radius 2 is 2.17 bits per heavy atom. The maximum absolute atomic E-state index is 13.1. The van der Waals surface area contributed by atoms with Gasteiger partial charge in [-0.1, -0.05) is 0 Å². The third-order valence-corrected chi connectivity index (χ3v) is 3.12. The van der Waals surface area contributed by atoms with Crippen molar-refractivity contribution in [3.63, 3.8) is 0 Å². The Balaban J connectivity index is 2.06. The Bertz CT molecular complexity index is 417. The average molecular weight is 252 g/mol. The molecule has 1 aliphatic rings. The molecule has 1 amide bonds. The summed E-state index contributed by atoms with van der Waals surface area (Å²) in [6.07, 6.45) is 2.53. The van der Waals surface area contributed by atoms with E-state index in [9.17, 15) is 9.18 Å². The predicted molar refractivity (Wildman–Crippen MR) is 67.2 cm³/mol. The molecule has 0 unspecified atom stereocenters. The van der Waals surface area contributed by atoms with E-state index in [4.69, 9.17) is 4.74 Å². The molecule has 1 saturated heterocycles. The van der Waals surface area contributed by atoms with Crippen LogP contribution in [0.15, 0.2) is 18.2 Å². The van der Waals surface area contributed by atoms with Crippen molar-refractivity contribution < 1.29 is 13.9 Å². The highest BCUT2D eigenvalue weighted by molar-refractivity contribution is 5.75. The van der Waals surface area contributed by atoms with Gasteiger partial charge >= 0.3 is 0 Å². The van der Waals surface area contributed by atoms with Gasteiger partial charge in [0.25, 0.3) is 0 Å². The highest BCUT2D eigenvalue weighted by Crippen LogP contribution is 2.27. The first-order valence-electron chi connectivity index (χ1n) is 6.04. The zero-order chi connectivity index (χ0) is 13.0. The summed E-state index contributed by atoms with van der Waals surface area (Å²) in [5.41, 5.74) is 0.379. The van der Waals surface area contributed by atoms with E-state index >= 15 is 0 Å². The zero-order valence-electron chi connectivity index (χ0n) is 10.4. The summed E-state index contributed by atoms with van der Waals surface area (Å²) in [4.78, 5) is 12.7. The van der Waals surface area contributed by atoms with E-state index in [0.29, 0.717) is 17.8 Å². The van der Waals surface area contributed by atoms with Gasteiger partial charge in [-0.05, 0) is 32.0 Å². The summed E-state index contributed by atoms with van der Waals surface area (Å²) in [6.45, 7) is 1.98. The molecule has 4 nitrogen and oxygen atoms in total. The minimum atomic E-state index is -0.393. The molecule has 0 bridgehead atoms. The van der Waals surface area contributed by atoms with Crippen LogP contribution in [0.25, 0.3) is 0 Å². The van der Waals surface area contributed by atoms with Gasteiger partial charge in [-0.25, -0.2) is 4.39 Å². The van der Waals surface area contributed by atoms with E-state index in [1.807, 2.05) is 0 Å². The van der Waals surface area contributed by atoms with Crippen molar-refractivity contribution in [1.29, 1.82) is 0 Å². The minimum Gasteiger partial charge on any atom is -0.488 e. The molecule has 0 aromatic heterocycles. The lowest BCUT2D eigenvalue weighted by atomic mass is 10.1. The molecule has 1 aromatic carbocycles. The molecule has 0 aliphatic carbocycles. The number of hydrogen-bond acceptors (Lipinski definition) is 3. The third kappa shape index (κ3) is 3.20. The van der Waals surface area contributed by atoms with Crippen molar-refractivity contribution in [2.45, 2.75) is 18.9 Å². The Labute approximate surface area is 106 Å². The molecule has 5 heteroatoms. The summed E-state index contributed by atoms with van der Waals surface area (Å²) in [7, 11) is 2.08. The maximum Gasteiger partial charge on any atom is 0.211 e. The SMILES string of the molecule is CN1CCC(Oc2ccc(F)cc2NC=O)CC1. The van der Waals surface area contributed by atoms with Gasteiger partial charge in [-0.3, -0.25) is 4.79 Å². The summed E-state index contributed by atoms with van der Waals surface area (Å²) < 4.78 is 18.9. The van der Waals surface area contributed by atoms with Crippen LogP contribution >= 0.6 is 0 Å². The van der Waals surface area contributed by atoms with E-state index in [2.05, 4.69) is 17.3 Å². The summed E-state index contributed by atoms with van der Waals surface area (Å²) >= 11 is 0. The molecule has 98 valence electrons. The zero-order valence-corrected chi connectivity index (χ0v) is 10.4. The quantitative estimate of drug-likeness (QED) is 0.832. The second-order valence-corrected chi connectivity index (χ2v) is 4.52. The topological polar surface area (TPSA) is 41.6 Å². The Morgan fingerprint density at radius 3 is 2.83 bits per heavy atom. The summed E-state index contributed by atoms with van der Waals surface area (Å²) in [5, 5.41) is 2.46. The highest BCUT2D eigenvalue weighted by atomic mass is 19.1. The molecule has 0 radical (unpaired) electrons. The molecule has 1 aromatic rings. The van der Waals surface area contributed by atoms with E-state index < -0.39 is 5.82 Å². The number of halogens is 1. The molecule has 0 spiro atoms. The van der Waals surface area contributed by atoms with Gasteiger partial charge in [0.1, 0.15) is 17.7 Å². The third-order valence-electron chi connectivity index (χ3n) is 3.12. The number of likely N-dealkylation sites (tertiary alicyclic amines) is 1. The second-order valence-electron chi connectivity index (χ2n) is 4.52. The predicted octanol–water partition coefficient (Wildman–Crippen LogP) is 1.87. The molecule has 0 saturated carbocycles. The van der Waals surface area contributed by atoms with Gasteiger partial charge in [-0.2, -0.15) is 0 Å². The van der Waals surface area contributed by atoms with Crippen LogP contribution in [0.2, 0.25) is 0 Å². The Hall–Kier alpha value is -1.62. The number of nitrogens with zero attached hydrogens (tertiary/aromatic N) is 1. The first-order valence-corrected chi connectivity index (χ1v) is 6.04. The number of amides is 1. The number of carbonyl (C=O) groups is 1. The Kier molecular flexibility index (Phi) is 4.15. The first kappa shape index (κ1) is 12.8. The number of nitrogens with one attached hydrogen (secondary N) is 1. The van der Waals surface area contributed by atoms with Crippen molar-refractivity contribution in [2.75, 3.05) is 25.5 Å². The normalized spacial score (nSPS) is 17.4. The van der Waals surface area contributed by atoms with E-state index in [1.54, 1.807) is 6.07 Å². The van der Waals surface area contributed by atoms with Crippen LogP contribution in [0.4, 0.5) is 10.1 Å². The maximum atomic E-state index is 13.1. The van der Waals surface area contributed by atoms with Crippen molar-refractivity contribution in [2.24, 2.45) is 0 Å². The number of piperidine rings is 1. The van der Waals surface area contributed by atoms with Crippen molar-refractivity contribution in [3.8, 4) is 5.75 Å².